The van der Waals surface area contributed by atoms with Gasteiger partial charge in [0.15, 0.2) is 0 Å². The topological polar surface area (TPSA) is 30.2 Å². The van der Waals surface area contributed by atoms with Crippen molar-refractivity contribution in [2.75, 3.05) is 7.05 Å². The lowest BCUT2D eigenvalue weighted by Gasteiger charge is -2.18. The van der Waals surface area contributed by atoms with Crippen LogP contribution in [0, 0.1) is 0 Å². The molecule has 0 aliphatic rings. The summed E-state index contributed by atoms with van der Waals surface area (Å²) in [7, 11) is 3.85. The Labute approximate surface area is 130 Å². The maximum absolute atomic E-state index is 12.8. The van der Waals surface area contributed by atoms with Crippen molar-refractivity contribution in [3.8, 4) is 0 Å². The Morgan fingerprint density at radius 1 is 1.18 bits per heavy atom. The van der Waals surface area contributed by atoms with Gasteiger partial charge in [0.05, 0.1) is 6.54 Å². The van der Waals surface area contributed by atoms with Crippen molar-refractivity contribution in [1.29, 1.82) is 0 Å². The number of aryl methyl sites for hydroxylation is 2. The molecule has 0 N–H and O–H groups in total. The van der Waals surface area contributed by atoms with E-state index >= 15 is 0 Å². The number of hydrogen-bond acceptors (Lipinski definition) is 1. The minimum absolute atomic E-state index is 0.0549. The van der Waals surface area contributed by atoms with Crippen LogP contribution < -0.4 is 0 Å². The molecule has 0 saturated heterocycles. The normalized spacial score (nSPS) is 11.0. The molecular formula is C18H21N3O. The number of aromatic nitrogens is 2. The SMILES string of the molecule is CCn1c(C(=O)N(C)Cc2cccn2C)cc2ccccc21. The zero-order chi connectivity index (χ0) is 15.7. The van der Waals surface area contributed by atoms with Gasteiger partial charge in [-0.15, -0.1) is 0 Å². The van der Waals surface area contributed by atoms with Gasteiger partial charge in [-0.05, 0) is 31.2 Å². The highest BCUT2D eigenvalue weighted by molar-refractivity contribution is 5.98. The van der Waals surface area contributed by atoms with Crippen LogP contribution in [0.4, 0.5) is 0 Å². The fraction of sp³-hybridized carbons (Fsp3) is 0.278. The number of carbonyl (C=O) groups is 1. The summed E-state index contributed by atoms with van der Waals surface area (Å²) >= 11 is 0. The number of amides is 1. The molecule has 3 rings (SSSR count). The molecule has 0 spiro atoms. The van der Waals surface area contributed by atoms with E-state index in [1.165, 1.54) is 0 Å². The van der Waals surface area contributed by atoms with Crippen LogP contribution in [-0.4, -0.2) is 27.0 Å². The highest BCUT2D eigenvalue weighted by Gasteiger charge is 2.18. The molecule has 1 amide bonds. The summed E-state index contributed by atoms with van der Waals surface area (Å²) < 4.78 is 4.12. The number of nitrogens with zero attached hydrogens (tertiary/aromatic N) is 3. The standard InChI is InChI=1S/C18H21N3O/c1-4-21-16-10-6-5-8-14(16)12-17(21)18(22)20(3)13-15-9-7-11-19(15)2/h5-12H,4,13H2,1-3H3. The molecule has 22 heavy (non-hydrogen) atoms. The lowest BCUT2D eigenvalue weighted by Crippen LogP contribution is -2.28. The Hall–Kier alpha value is -2.49. The monoisotopic (exact) mass is 295 g/mol. The van der Waals surface area contributed by atoms with Gasteiger partial charge >= 0.3 is 0 Å². The molecule has 114 valence electrons. The van der Waals surface area contributed by atoms with Crippen LogP contribution in [-0.2, 0) is 20.1 Å². The zero-order valence-electron chi connectivity index (χ0n) is 13.3. The number of fused-ring (bicyclic) bond motifs is 1. The summed E-state index contributed by atoms with van der Waals surface area (Å²) in [5.41, 5.74) is 2.98. The van der Waals surface area contributed by atoms with Gasteiger partial charge < -0.3 is 14.0 Å². The second-order valence-electron chi connectivity index (χ2n) is 5.60. The van der Waals surface area contributed by atoms with E-state index in [1.807, 2.05) is 55.2 Å². The molecule has 0 aliphatic heterocycles. The van der Waals surface area contributed by atoms with E-state index in [1.54, 1.807) is 4.90 Å². The fourth-order valence-electron chi connectivity index (χ4n) is 2.90. The molecular weight excluding hydrogens is 274 g/mol. The lowest BCUT2D eigenvalue weighted by atomic mass is 10.2. The average molecular weight is 295 g/mol. The van der Waals surface area contributed by atoms with Crippen LogP contribution in [0.3, 0.4) is 0 Å². The van der Waals surface area contributed by atoms with Gasteiger partial charge in [0, 0.05) is 43.4 Å². The van der Waals surface area contributed by atoms with Crippen molar-refractivity contribution in [2.45, 2.75) is 20.0 Å². The number of benzene rings is 1. The van der Waals surface area contributed by atoms with E-state index in [2.05, 4.69) is 23.6 Å². The van der Waals surface area contributed by atoms with Crippen LogP contribution in [0.2, 0.25) is 0 Å². The average Bonchev–Trinajstić information content (AvgIpc) is 3.10. The number of para-hydroxylation sites is 1. The summed E-state index contributed by atoms with van der Waals surface area (Å²) in [6.07, 6.45) is 2.00. The van der Waals surface area contributed by atoms with Gasteiger partial charge in [-0.2, -0.15) is 0 Å². The highest BCUT2D eigenvalue weighted by Crippen LogP contribution is 2.21. The first-order valence-corrected chi connectivity index (χ1v) is 7.55. The summed E-state index contributed by atoms with van der Waals surface area (Å²) in [6, 6.07) is 14.2. The van der Waals surface area contributed by atoms with Crippen molar-refractivity contribution in [2.24, 2.45) is 7.05 Å². The molecule has 0 atom stereocenters. The molecule has 0 fully saturated rings. The third-order valence-corrected chi connectivity index (χ3v) is 4.14. The Morgan fingerprint density at radius 2 is 1.95 bits per heavy atom. The van der Waals surface area contributed by atoms with E-state index in [9.17, 15) is 4.79 Å². The molecule has 0 saturated carbocycles. The number of carbonyl (C=O) groups excluding carboxylic acids is 1. The van der Waals surface area contributed by atoms with Gasteiger partial charge in [0.25, 0.3) is 5.91 Å². The highest BCUT2D eigenvalue weighted by atomic mass is 16.2. The molecule has 1 aromatic carbocycles. The molecule has 0 radical (unpaired) electrons. The smallest absolute Gasteiger partial charge is 0.270 e. The van der Waals surface area contributed by atoms with Crippen molar-refractivity contribution in [3.05, 3.63) is 60.0 Å². The third-order valence-electron chi connectivity index (χ3n) is 4.14. The Kier molecular flexibility index (Phi) is 3.75. The van der Waals surface area contributed by atoms with Crippen LogP contribution in [0.15, 0.2) is 48.7 Å². The molecule has 4 heteroatoms. The zero-order valence-corrected chi connectivity index (χ0v) is 13.3. The Bertz CT molecular complexity index is 813. The van der Waals surface area contributed by atoms with E-state index in [0.29, 0.717) is 6.54 Å². The molecule has 3 aromatic rings. The predicted octanol–water partition coefficient (Wildman–Crippen LogP) is 3.27. The second kappa shape index (κ2) is 5.72. The minimum Gasteiger partial charge on any atom is -0.353 e. The predicted molar refractivity (Wildman–Crippen MR) is 88.8 cm³/mol. The quantitative estimate of drug-likeness (QED) is 0.726. The van der Waals surface area contributed by atoms with Gasteiger partial charge in [-0.1, -0.05) is 18.2 Å². The molecule has 0 aliphatic carbocycles. The van der Waals surface area contributed by atoms with Gasteiger partial charge in [-0.3, -0.25) is 4.79 Å². The Morgan fingerprint density at radius 3 is 2.64 bits per heavy atom. The Balaban J connectivity index is 1.93. The van der Waals surface area contributed by atoms with E-state index in [-0.39, 0.29) is 5.91 Å². The van der Waals surface area contributed by atoms with Crippen LogP contribution in [0.25, 0.3) is 10.9 Å². The van der Waals surface area contributed by atoms with Crippen molar-refractivity contribution < 1.29 is 4.79 Å². The molecule has 4 nitrogen and oxygen atoms in total. The first-order chi connectivity index (χ1) is 10.6. The summed E-state index contributed by atoms with van der Waals surface area (Å²) in [4.78, 5) is 14.6. The van der Waals surface area contributed by atoms with E-state index < -0.39 is 0 Å². The summed E-state index contributed by atoms with van der Waals surface area (Å²) in [5, 5.41) is 1.11. The van der Waals surface area contributed by atoms with E-state index in [4.69, 9.17) is 0 Å². The maximum Gasteiger partial charge on any atom is 0.270 e. The van der Waals surface area contributed by atoms with Crippen LogP contribution in [0.1, 0.15) is 23.1 Å². The number of rotatable bonds is 4. The van der Waals surface area contributed by atoms with E-state index in [0.717, 1.165) is 28.8 Å². The maximum atomic E-state index is 12.8. The molecule has 0 bridgehead atoms. The second-order valence-corrected chi connectivity index (χ2v) is 5.60. The first kappa shape index (κ1) is 14.4. The molecule has 0 unspecified atom stereocenters. The van der Waals surface area contributed by atoms with Gasteiger partial charge in [0.2, 0.25) is 0 Å². The molecule has 2 aromatic heterocycles. The first-order valence-electron chi connectivity index (χ1n) is 7.55. The minimum atomic E-state index is 0.0549. The van der Waals surface area contributed by atoms with Crippen molar-refractivity contribution in [1.82, 2.24) is 14.0 Å². The third kappa shape index (κ3) is 2.41. The van der Waals surface area contributed by atoms with Gasteiger partial charge in [-0.25, -0.2) is 0 Å². The van der Waals surface area contributed by atoms with Gasteiger partial charge in [0.1, 0.15) is 5.69 Å². The van der Waals surface area contributed by atoms with Crippen molar-refractivity contribution in [3.63, 3.8) is 0 Å². The van der Waals surface area contributed by atoms with Crippen LogP contribution in [0.5, 0.6) is 0 Å². The molecule has 2 heterocycles. The summed E-state index contributed by atoms with van der Waals surface area (Å²) in [6.45, 7) is 3.46. The van der Waals surface area contributed by atoms with Crippen LogP contribution >= 0.6 is 0 Å². The lowest BCUT2D eigenvalue weighted by molar-refractivity contribution is 0.0772. The summed E-state index contributed by atoms with van der Waals surface area (Å²) in [5.74, 6) is 0.0549. The fourth-order valence-corrected chi connectivity index (χ4v) is 2.90. The largest absolute Gasteiger partial charge is 0.353 e. The van der Waals surface area contributed by atoms with Crippen molar-refractivity contribution >= 4 is 16.8 Å². The number of hydrogen-bond donors (Lipinski definition) is 0.